The number of thioether (sulfide) groups is 1. The van der Waals surface area contributed by atoms with E-state index in [0.717, 1.165) is 41.9 Å². The molecule has 1 saturated heterocycles. The van der Waals surface area contributed by atoms with Crippen molar-refractivity contribution in [3.63, 3.8) is 0 Å². The number of carbonyl (C=O) groups excluding carboxylic acids is 3. The smallest absolute Gasteiger partial charge is 0.352 e. The molecule has 0 spiro atoms. The van der Waals surface area contributed by atoms with Crippen LogP contribution in [0.4, 0.5) is 5.13 Å². The first-order valence-corrected chi connectivity index (χ1v) is 12.6. The number of unbranched alkanes of at least 4 members (excludes halogenated alkanes) is 3. The average Bonchev–Trinajstić information content (AvgIpc) is 3.29. The number of aliphatic carboxylic acids is 1. The van der Waals surface area contributed by atoms with Crippen LogP contribution in [0.2, 0.25) is 0 Å². The highest BCUT2D eigenvalue weighted by Crippen LogP contribution is 2.40. The lowest BCUT2D eigenvalue weighted by Crippen LogP contribution is -2.71. The Kier molecular flexibility index (Phi) is 8.82. The van der Waals surface area contributed by atoms with E-state index in [1.165, 1.54) is 23.2 Å². The van der Waals surface area contributed by atoms with Crippen molar-refractivity contribution in [2.75, 3.05) is 17.7 Å². The number of allylic oxidation sites excluding steroid dienone is 1. The fourth-order valence-electron chi connectivity index (χ4n) is 3.42. The zero-order chi connectivity index (χ0) is 24.7. The largest absolute Gasteiger partial charge is 0.477 e. The summed E-state index contributed by atoms with van der Waals surface area (Å²) in [5.41, 5.74) is 0.366. The minimum Gasteiger partial charge on any atom is -0.477 e. The van der Waals surface area contributed by atoms with Crippen LogP contribution in [0, 0.1) is 0 Å². The Balaban J connectivity index is 1.74. The lowest BCUT2D eigenvalue weighted by Gasteiger charge is -2.49. The first kappa shape index (κ1) is 25.4. The second kappa shape index (κ2) is 11.8. The van der Waals surface area contributed by atoms with Crippen molar-refractivity contribution in [3.05, 3.63) is 35.0 Å². The lowest BCUT2D eigenvalue weighted by molar-refractivity contribution is -0.150. The first-order chi connectivity index (χ1) is 16.4. The van der Waals surface area contributed by atoms with Crippen LogP contribution in [0.15, 0.2) is 34.5 Å². The van der Waals surface area contributed by atoms with Gasteiger partial charge < -0.3 is 20.6 Å². The molecule has 1 unspecified atom stereocenters. The standard InChI is InChI=1S/C21H25N5O6S2/c1-3-5-6-7-8-32-25-14(13-10-34-21(23-13)22-11-27)17(28)24-15-18(29)26-16(20(30)31)12(4-2)9-33-19(15)26/h4,10-11,15,19H,2-3,5-9H2,1H3,(H,24,28)(H,30,31)(H,22,23,27)/b25-14+/t15?,19-/m1/s1. The maximum Gasteiger partial charge on any atom is 0.352 e. The first-order valence-electron chi connectivity index (χ1n) is 10.6. The van der Waals surface area contributed by atoms with Gasteiger partial charge in [0.1, 0.15) is 29.4 Å². The van der Waals surface area contributed by atoms with E-state index in [9.17, 15) is 24.3 Å². The summed E-state index contributed by atoms with van der Waals surface area (Å²) in [5.74, 6) is -2.11. The molecule has 0 aromatic carbocycles. The van der Waals surface area contributed by atoms with Crippen molar-refractivity contribution < 1.29 is 29.1 Å². The number of anilines is 1. The monoisotopic (exact) mass is 507 g/mol. The summed E-state index contributed by atoms with van der Waals surface area (Å²) in [5, 5.41) is 19.8. The summed E-state index contributed by atoms with van der Waals surface area (Å²) in [6.45, 7) is 6.02. The molecule has 13 heteroatoms. The van der Waals surface area contributed by atoms with Gasteiger partial charge in [0, 0.05) is 11.1 Å². The number of fused-ring (bicyclic) bond motifs is 1. The van der Waals surface area contributed by atoms with Crippen LogP contribution < -0.4 is 10.6 Å². The summed E-state index contributed by atoms with van der Waals surface area (Å²) in [6.07, 6.45) is 5.76. The molecule has 1 fully saturated rings. The maximum absolute atomic E-state index is 13.1. The number of aromatic nitrogens is 1. The third kappa shape index (κ3) is 5.47. The van der Waals surface area contributed by atoms with E-state index in [-0.39, 0.29) is 22.2 Å². The van der Waals surface area contributed by atoms with Crippen LogP contribution in [0.3, 0.4) is 0 Å². The molecule has 2 atom stereocenters. The summed E-state index contributed by atoms with van der Waals surface area (Å²) in [4.78, 5) is 58.8. The van der Waals surface area contributed by atoms with Gasteiger partial charge in [-0.05, 0) is 18.4 Å². The van der Waals surface area contributed by atoms with Gasteiger partial charge in [0.2, 0.25) is 6.41 Å². The van der Waals surface area contributed by atoms with Gasteiger partial charge >= 0.3 is 5.97 Å². The molecule has 1 aromatic rings. The molecule has 3 heterocycles. The van der Waals surface area contributed by atoms with Crippen LogP contribution in [0.25, 0.3) is 0 Å². The van der Waals surface area contributed by atoms with Crippen molar-refractivity contribution in [1.29, 1.82) is 0 Å². The molecule has 182 valence electrons. The van der Waals surface area contributed by atoms with Gasteiger partial charge in [-0.25, -0.2) is 9.78 Å². The highest BCUT2D eigenvalue weighted by Gasteiger charge is 2.54. The highest BCUT2D eigenvalue weighted by atomic mass is 32.2. The molecule has 3 amide bonds. The van der Waals surface area contributed by atoms with E-state index in [4.69, 9.17) is 4.84 Å². The molecule has 3 rings (SSSR count). The Morgan fingerprint density at radius 1 is 1.41 bits per heavy atom. The Morgan fingerprint density at radius 2 is 2.21 bits per heavy atom. The predicted octanol–water partition coefficient (Wildman–Crippen LogP) is 1.94. The van der Waals surface area contributed by atoms with Crippen molar-refractivity contribution in [3.8, 4) is 0 Å². The minimum atomic E-state index is -1.23. The molecule has 0 saturated carbocycles. The SMILES string of the molecule is C=CC1=C(C(=O)O)N2C(=O)C(NC(=O)/C(=N/OCCCCCC)c3csc(NC=O)n3)[C@H]2SC1. The average molecular weight is 508 g/mol. The highest BCUT2D eigenvalue weighted by molar-refractivity contribution is 8.00. The summed E-state index contributed by atoms with van der Waals surface area (Å²) in [7, 11) is 0. The van der Waals surface area contributed by atoms with E-state index in [1.54, 1.807) is 0 Å². The molecule has 0 radical (unpaired) electrons. The molecule has 34 heavy (non-hydrogen) atoms. The van der Waals surface area contributed by atoms with Crippen LogP contribution in [0.5, 0.6) is 0 Å². The fraction of sp³-hybridized carbons (Fsp3) is 0.429. The van der Waals surface area contributed by atoms with Gasteiger partial charge in [-0.2, -0.15) is 0 Å². The number of carbonyl (C=O) groups is 4. The number of thiazole rings is 1. The van der Waals surface area contributed by atoms with E-state index in [0.29, 0.717) is 24.3 Å². The number of carboxylic acids is 1. The summed E-state index contributed by atoms with van der Waals surface area (Å²) in [6, 6.07) is -0.931. The van der Waals surface area contributed by atoms with Crippen molar-refractivity contribution >= 4 is 58.1 Å². The summed E-state index contributed by atoms with van der Waals surface area (Å²) < 4.78 is 0. The topological polar surface area (TPSA) is 150 Å². The second-order valence-electron chi connectivity index (χ2n) is 7.38. The Labute approximate surface area is 204 Å². The zero-order valence-electron chi connectivity index (χ0n) is 18.5. The predicted molar refractivity (Wildman–Crippen MR) is 128 cm³/mol. The number of amides is 3. The quantitative estimate of drug-likeness (QED) is 0.120. The minimum absolute atomic E-state index is 0.123. The number of rotatable bonds is 13. The second-order valence-corrected chi connectivity index (χ2v) is 9.34. The molecular formula is C21H25N5O6S2. The Hall–Kier alpha value is -3.19. The van der Waals surface area contributed by atoms with Crippen LogP contribution >= 0.6 is 23.1 Å². The van der Waals surface area contributed by atoms with Crippen molar-refractivity contribution in [2.24, 2.45) is 5.16 Å². The number of carboxylic acid groups (broad SMARTS) is 1. The number of oxime groups is 1. The van der Waals surface area contributed by atoms with Crippen molar-refractivity contribution in [2.45, 2.75) is 44.0 Å². The molecular weight excluding hydrogens is 482 g/mol. The van der Waals surface area contributed by atoms with E-state index >= 15 is 0 Å². The number of β-lactam (4-membered cyclic amide) rings is 1. The van der Waals surface area contributed by atoms with E-state index < -0.39 is 29.2 Å². The third-order valence-electron chi connectivity index (χ3n) is 5.12. The molecule has 1 aromatic heterocycles. The third-order valence-corrected chi connectivity index (χ3v) is 7.20. The normalized spacial score (nSPS) is 19.7. The van der Waals surface area contributed by atoms with Gasteiger partial charge in [-0.15, -0.1) is 23.1 Å². The molecule has 3 N–H and O–H groups in total. The van der Waals surface area contributed by atoms with Crippen LogP contribution in [0.1, 0.15) is 38.3 Å². The summed E-state index contributed by atoms with van der Waals surface area (Å²) >= 11 is 2.44. The van der Waals surface area contributed by atoms with Gasteiger partial charge in [-0.3, -0.25) is 19.3 Å². The number of hydrogen-bond acceptors (Lipinski definition) is 9. The number of hydrogen-bond donors (Lipinski definition) is 3. The van der Waals surface area contributed by atoms with Crippen LogP contribution in [-0.4, -0.2) is 68.7 Å². The number of nitrogens with one attached hydrogen (secondary N) is 2. The van der Waals surface area contributed by atoms with Crippen molar-refractivity contribution in [1.82, 2.24) is 15.2 Å². The molecule has 2 aliphatic rings. The van der Waals surface area contributed by atoms with Gasteiger partial charge in [0.15, 0.2) is 10.8 Å². The Morgan fingerprint density at radius 3 is 2.88 bits per heavy atom. The number of nitrogens with zero attached hydrogens (tertiary/aromatic N) is 3. The maximum atomic E-state index is 13.1. The van der Waals surface area contributed by atoms with Gasteiger partial charge in [-0.1, -0.05) is 37.6 Å². The Bertz CT molecular complexity index is 1040. The lowest BCUT2D eigenvalue weighted by atomic mass is 10.0. The molecule has 11 nitrogen and oxygen atoms in total. The fourth-order valence-corrected chi connectivity index (χ4v) is 5.41. The van der Waals surface area contributed by atoms with Gasteiger partial charge in [0.25, 0.3) is 11.8 Å². The molecule has 2 aliphatic heterocycles. The van der Waals surface area contributed by atoms with E-state index in [1.807, 2.05) is 0 Å². The molecule has 0 bridgehead atoms. The zero-order valence-corrected chi connectivity index (χ0v) is 20.1. The van der Waals surface area contributed by atoms with Gasteiger partial charge in [0.05, 0.1) is 0 Å². The van der Waals surface area contributed by atoms with E-state index in [2.05, 4.69) is 34.3 Å². The van der Waals surface area contributed by atoms with Crippen LogP contribution in [-0.2, 0) is 24.0 Å². The molecule has 0 aliphatic carbocycles.